The Kier molecular flexibility index (Phi) is 64.3. The smallest absolute Gasteiger partial charge is 0.306 e. The normalized spacial score (nSPS) is 13.0. The average Bonchev–Trinajstić information content (AvgIpc) is 3.47. The molecule has 0 aliphatic heterocycles. The van der Waals surface area contributed by atoms with Crippen LogP contribution in [0.3, 0.4) is 0 Å². The molecule has 0 rings (SSSR count). The van der Waals surface area contributed by atoms with Crippen molar-refractivity contribution in [1.29, 1.82) is 0 Å². The van der Waals surface area contributed by atoms with Crippen LogP contribution in [-0.2, 0) is 28.6 Å². The molecular formula is C75H124O6. The highest BCUT2D eigenvalue weighted by Crippen LogP contribution is 2.16. The second kappa shape index (κ2) is 68.1. The molecule has 0 aromatic rings. The van der Waals surface area contributed by atoms with Crippen LogP contribution in [0.4, 0.5) is 0 Å². The van der Waals surface area contributed by atoms with Gasteiger partial charge in [-0.25, -0.2) is 0 Å². The number of allylic oxidation sites excluding steroid dienone is 22. The van der Waals surface area contributed by atoms with Crippen LogP contribution in [0.25, 0.3) is 0 Å². The Morgan fingerprint density at radius 1 is 0.259 bits per heavy atom. The van der Waals surface area contributed by atoms with E-state index < -0.39 is 6.10 Å². The molecule has 0 N–H and O–H groups in total. The zero-order chi connectivity index (χ0) is 58.5. The minimum absolute atomic E-state index is 0.0965. The van der Waals surface area contributed by atoms with Crippen molar-refractivity contribution < 1.29 is 28.6 Å². The zero-order valence-corrected chi connectivity index (χ0v) is 52.8. The number of esters is 3. The molecule has 0 aliphatic rings. The van der Waals surface area contributed by atoms with Crippen molar-refractivity contribution in [3.63, 3.8) is 0 Å². The molecule has 1 atom stereocenters. The Morgan fingerprint density at radius 2 is 0.481 bits per heavy atom. The number of carbonyl (C=O) groups excluding carboxylic acids is 3. The third kappa shape index (κ3) is 66.2. The van der Waals surface area contributed by atoms with Crippen LogP contribution < -0.4 is 0 Å². The lowest BCUT2D eigenvalue weighted by atomic mass is 10.0. The monoisotopic (exact) mass is 1120 g/mol. The molecule has 0 aromatic heterocycles. The van der Waals surface area contributed by atoms with E-state index in [-0.39, 0.29) is 37.5 Å². The molecule has 0 bridgehead atoms. The van der Waals surface area contributed by atoms with Crippen LogP contribution in [0.5, 0.6) is 0 Å². The number of hydrogen-bond donors (Lipinski definition) is 0. The first-order valence-corrected chi connectivity index (χ1v) is 33.7. The fraction of sp³-hybridized carbons (Fsp3) is 0.667. The fourth-order valence-corrected chi connectivity index (χ4v) is 9.14. The third-order valence-corrected chi connectivity index (χ3v) is 14.1. The summed E-state index contributed by atoms with van der Waals surface area (Å²) in [5, 5.41) is 0. The average molecular weight is 1120 g/mol. The van der Waals surface area contributed by atoms with Gasteiger partial charge < -0.3 is 14.2 Å². The number of rotatable bonds is 60. The summed E-state index contributed by atoms with van der Waals surface area (Å²) >= 11 is 0. The van der Waals surface area contributed by atoms with Crippen molar-refractivity contribution in [2.45, 2.75) is 309 Å². The van der Waals surface area contributed by atoms with E-state index in [9.17, 15) is 14.4 Å². The summed E-state index contributed by atoms with van der Waals surface area (Å²) in [5.41, 5.74) is 0. The molecule has 460 valence electrons. The van der Waals surface area contributed by atoms with Crippen LogP contribution in [0.2, 0.25) is 0 Å². The Balaban J connectivity index is 4.43. The van der Waals surface area contributed by atoms with Crippen LogP contribution in [0.15, 0.2) is 134 Å². The molecule has 0 spiro atoms. The van der Waals surface area contributed by atoms with Gasteiger partial charge in [-0.05, 0) is 135 Å². The SMILES string of the molecule is CC/C=C\C/C=C\C/C=C\C/C=C\C/C=C\CCCCCC(=O)OC(COC(=O)CCCCCCCCCCC/C=C\C/C=C\CCCCC)COC(=O)CCCCCCCCCCCCCC/C=C\C/C=C\C/C=C\C/C=C\CC. The molecular weight excluding hydrogens is 997 g/mol. The molecule has 0 aliphatic carbocycles. The van der Waals surface area contributed by atoms with Crippen molar-refractivity contribution in [2.75, 3.05) is 13.2 Å². The van der Waals surface area contributed by atoms with Crippen molar-refractivity contribution in [3.05, 3.63) is 134 Å². The van der Waals surface area contributed by atoms with E-state index in [2.05, 4.69) is 154 Å². The van der Waals surface area contributed by atoms with Gasteiger partial charge in [0.15, 0.2) is 6.10 Å². The van der Waals surface area contributed by atoms with E-state index in [1.165, 1.54) is 135 Å². The number of unbranched alkanes of at least 4 members (excludes halogenated alkanes) is 27. The van der Waals surface area contributed by atoms with Gasteiger partial charge in [0.2, 0.25) is 0 Å². The molecule has 0 saturated carbocycles. The van der Waals surface area contributed by atoms with Crippen molar-refractivity contribution >= 4 is 17.9 Å². The Labute approximate surface area is 500 Å². The van der Waals surface area contributed by atoms with E-state index in [0.29, 0.717) is 12.8 Å². The summed E-state index contributed by atoms with van der Waals surface area (Å²) < 4.78 is 16.9. The minimum atomic E-state index is -0.805. The first kappa shape index (κ1) is 76.5. The molecule has 0 aromatic carbocycles. The molecule has 81 heavy (non-hydrogen) atoms. The van der Waals surface area contributed by atoms with Crippen molar-refractivity contribution in [2.24, 2.45) is 0 Å². The largest absolute Gasteiger partial charge is 0.462 e. The molecule has 0 saturated heterocycles. The maximum absolute atomic E-state index is 12.9. The van der Waals surface area contributed by atoms with Gasteiger partial charge in [0.25, 0.3) is 0 Å². The first-order valence-electron chi connectivity index (χ1n) is 33.7. The van der Waals surface area contributed by atoms with Gasteiger partial charge >= 0.3 is 17.9 Å². The van der Waals surface area contributed by atoms with Crippen molar-refractivity contribution in [3.8, 4) is 0 Å². The second-order valence-corrected chi connectivity index (χ2v) is 22.0. The maximum atomic E-state index is 12.9. The van der Waals surface area contributed by atoms with Gasteiger partial charge in [-0.1, -0.05) is 283 Å². The van der Waals surface area contributed by atoms with Gasteiger partial charge in [-0.3, -0.25) is 14.4 Å². The first-order chi connectivity index (χ1) is 40.0. The molecule has 0 amide bonds. The van der Waals surface area contributed by atoms with Gasteiger partial charge in [-0.15, -0.1) is 0 Å². The highest BCUT2D eigenvalue weighted by Gasteiger charge is 2.19. The Bertz CT molecular complexity index is 1720. The number of hydrogen-bond acceptors (Lipinski definition) is 6. The Morgan fingerprint density at radius 3 is 0.765 bits per heavy atom. The summed E-state index contributed by atoms with van der Waals surface area (Å²) in [5.74, 6) is -0.928. The lowest BCUT2D eigenvalue weighted by Gasteiger charge is -2.18. The lowest BCUT2D eigenvalue weighted by molar-refractivity contribution is -0.167. The van der Waals surface area contributed by atoms with Gasteiger partial charge in [0, 0.05) is 19.3 Å². The van der Waals surface area contributed by atoms with Crippen LogP contribution in [0, 0.1) is 0 Å². The van der Waals surface area contributed by atoms with E-state index in [4.69, 9.17) is 14.2 Å². The van der Waals surface area contributed by atoms with Gasteiger partial charge in [0.1, 0.15) is 13.2 Å². The lowest BCUT2D eigenvalue weighted by Crippen LogP contribution is -2.30. The molecule has 6 heteroatoms. The minimum Gasteiger partial charge on any atom is -0.462 e. The second-order valence-electron chi connectivity index (χ2n) is 22.0. The maximum Gasteiger partial charge on any atom is 0.306 e. The summed E-state index contributed by atoms with van der Waals surface area (Å²) in [6.45, 7) is 6.38. The molecule has 6 nitrogen and oxygen atoms in total. The zero-order valence-electron chi connectivity index (χ0n) is 52.8. The molecule has 0 radical (unpaired) electrons. The van der Waals surface area contributed by atoms with Gasteiger partial charge in [0.05, 0.1) is 0 Å². The third-order valence-electron chi connectivity index (χ3n) is 14.1. The van der Waals surface area contributed by atoms with E-state index in [0.717, 1.165) is 128 Å². The fourth-order valence-electron chi connectivity index (χ4n) is 9.14. The van der Waals surface area contributed by atoms with Gasteiger partial charge in [-0.2, -0.15) is 0 Å². The van der Waals surface area contributed by atoms with Crippen LogP contribution in [0.1, 0.15) is 303 Å². The quantitative estimate of drug-likeness (QED) is 0.0261. The Hall–Kier alpha value is -4.45. The topological polar surface area (TPSA) is 78.9 Å². The number of ether oxygens (including phenoxy) is 3. The van der Waals surface area contributed by atoms with Crippen LogP contribution in [-0.4, -0.2) is 37.2 Å². The summed E-state index contributed by atoms with van der Waals surface area (Å²) in [4.78, 5) is 38.4. The molecule has 1 unspecified atom stereocenters. The molecule has 0 fully saturated rings. The van der Waals surface area contributed by atoms with E-state index >= 15 is 0 Å². The van der Waals surface area contributed by atoms with Crippen molar-refractivity contribution in [1.82, 2.24) is 0 Å². The van der Waals surface area contributed by atoms with E-state index in [1.807, 2.05) is 0 Å². The summed E-state index contributed by atoms with van der Waals surface area (Å²) in [7, 11) is 0. The predicted octanol–water partition coefficient (Wildman–Crippen LogP) is 23.3. The van der Waals surface area contributed by atoms with Crippen LogP contribution >= 0.6 is 0 Å². The highest BCUT2D eigenvalue weighted by molar-refractivity contribution is 5.71. The van der Waals surface area contributed by atoms with E-state index in [1.54, 1.807) is 0 Å². The number of carbonyl (C=O) groups is 3. The predicted molar refractivity (Wildman–Crippen MR) is 353 cm³/mol. The summed E-state index contributed by atoms with van der Waals surface area (Å²) in [6.07, 6.45) is 96.0. The standard InChI is InChI=1S/C75H124O6/c1-4-7-10-13-16-19-22-25-28-31-34-35-36-37-38-39-42-44-47-50-53-56-59-62-65-68-74(77)80-71-72(81-75(78)69-66-63-60-57-54-51-48-45-41-33-30-27-24-21-18-15-12-9-6-3)70-79-73(76)67-64-61-58-55-52-49-46-43-40-32-29-26-23-20-17-14-11-8-5-2/h7,9-10,12,16-21,25-30,34-35,41,45,51,54,72H,4-6,8,11,13-15,22-24,31-33,36-40,42-44,46-50,52-53,55-71H2,1-3H3/b10-7-,12-9-,19-16-,20-17-,21-18-,28-25-,29-26-,30-27-,35-34-,45-41-,54-51-. The summed E-state index contributed by atoms with van der Waals surface area (Å²) in [6, 6.07) is 0. The molecule has 0 heterocycles. The highest BCUT2D eigenvalue weighted by atomic mass is 16.6.